The van der Waals surface area contributed by atoms with Gasteiger partial charge in [-0.3, -0.25) is 4.79 Å². The quantitative estimate of drug-likeness (QED) is 0.740. The Morgan fingerprint density at radius 2 is 1.96 bits per heavy atom. The minimum absolute atomic E-state index is 0.0908. The summed E-state index contributed by atoms with van der Waals surface area (Å²) >= 11 is 0. The monoisotopic (exact) mass is 306 g/mol. The van der Waals surface area contributed by atoms with E-state index in [1.807, 2.05) is 70.4 Å². The van der Waals surface area contributed by atoms with Gasteiger partial charge in [-0.25, -0.2) is 0 Å². The van der Waals surface area contributed by atoms with E-state index in [4.69, 9.17) is 4.42 Å². The second-order valence-electron chi connectivity index (χ2n) is 5.89. The molecule has 2 aromatic heterocycles. The average molecular weight is 306 g/mol. The lowest BCUT2D eigenvalue weighted by Crippen LogP contribution is -2.28. The van der Waals surface area contributed by atoms with E-state index in [-0.39, 0.29) is 5.91 Å². The number of carbonyl (C=O) groups excluding carboxylic acids is 1. The Hall–Kier alpha value is -2.75. The lowest BCUT2D eigenvalue weighted by atomic mass is 10.1. The molecule has 4 rings (SSSR count). The van der Waals surface area contributed by atoms with Crippen molar-refractivity contribution in [3.05, 3.63) is 78.5 Å². The summed E-state index contributed by atoms with van der Waals surface area (Å²) in [4.78, 5) is 14.7. The number of aromatic nitrogens is 1. The van der Waals surface area contributed by atoms with Crippen LogP contribution in [0.25, 0.3) is 5.69 Å². The fourth-order valence-corrected chi connectivity index (χ4v) is 3.19. The fraction of sp³-hybridized carbons (Fsp3) is 0.211. The second kappa shape index (κ2) is 5.80. The van der Waals surface area contributed by atoms with Crippen molar-refractivity contribution in [2.24, 2.45) is 0 Å². The summed E-state index contributed by atoms with van der Waals surface area (Å²) in [6, 6.07) is 15.6. The molecule has 0 N–H and O–H groups in total. The Morgan fingerprint density at radius 3 is 2.74 bits per heavy atom. The number of hydrogen-bond donors (Lipinski definition) is 0. The maximum absolute atomic E-state index is 12.8. The average Bonchev–Trinajstić information content (AvgIpc) is 3.36. The van der Waals surface area contributed by atoms with Gasteiger partial charge in [0, 0.05) is 42.7 Å². The van der Waals surface area contributed by atoms with Crippen molar-refractivity contribution in [2.75, 3.05) is 13.1 Å². The van der Waals surface area contributed by atoms with Gasteiger partial charge < -0.3 is 13.9 Å². The summed E-state index contributed by atoms with van der Waals surface area (Å²) in [6.07, 6.45) is 6.61. The molecule has 0 bridgehead atoms. The van der Waals surface area contributed by atoms with Crippen molar-refractivity contribution >= 4 is 5.91 Å². The van der Waals surface area contributed by atoms with Crippen molar-refractivity contribution < 1.29 is 9.21 Å². The molecule has 0 aliphatic carbocycles. The van der Waals surface area contributed by atoms with Crippen LogP contribution in [0.5, 0.6) is 0 Å². The normalized spacial score (nSPS) is 17.6. The minimum Gasteiger partial charge on any atom is -0.469 e. The van der Waals surface area contributed by atoms with E-state index in [1.54, 1.807) is 6.26 Å². The molecule has 1 unspecified atom stereocenters. The standard InChI is InChI=1S/C19H18N2O2/c22-19(21-11-8-16(14-21)18-7-4-12-23-18)15-5-3-6-17(13-15)20-9-1-2-10-20/h1-7,9-10,12-13,16H,8,11,14H2. The number of hydrogen-bond acceptors (Lipinski definition) is 2. The van der Waals surface area contributed by atoms with Crippen LogP contribution in [0.3, 0.4) is 0 Å². The summed E-state index contributed by atoms with van der Waals surface area (Å²) in [6.45, 7) is 1.50. The first-order chi connectivity index (χ1) is 11.3. The van der Waals surface area contributed by atoms with E-state index in [2.05, 4.69) is 0 Å². The van der Waals surface area contributed by atoms with Gasteiger partial charge >= 0.3 is 0 Å². The molecule has 4 nitrogen and oxygen atoms in total. The molecule has 1 aromatic carbocycles. The molecule has 1 aliphatic heterocycles. The van der Waals surface area contributed by atoms with Crippen LogP contribution in [-0.2, 0) is 0 Å². The van der Waals surface area contributed by atoms with Crippen molar-refractivity contribution in [2.45, 2.75) is 12.3 Å². The van der Waals surface area contributed by atoms with E-state index >= 15 is 0 Å². The van der Waals surface area contributed by atoms with Gasteiger partial charge in [0.2, 0.25) is 0 Å². The first kappa shape index (κ1) is 13.9. The lowest BCUT2D eigenvalue weighted by Gasteiger charge is -2.17. The van der Waals surface area contributed by atoms with Crippen molar-refractivity contribution in [3.8, 4) is 5.69 Å². The van der Waals surface area contributed by atoms with Crippen LogP contribution in [-0.4, -0.2) is 28.5 Å². The van der Waals surface area contributed by atoms with Crippen LogP contribution < -0.4 is 0 Å². The number of likely N-dealkylation sites (tertiary alicyclic amines) is 1. The third-order valence-electron chi connectivity index (χ3n) is 4.42. The third kappa shape index (κ3) is 2.68. The van der Waals surface area contributed by atoms with Crippen LogP contribution >= 0.6 is 0 Å². The van der Waals surface area contributed by atoms with Gasteiger partial charge in [-0.15, -0.1) is 0 Å². The number of amides is 1. The zero-order chi connectivity index (χ0) is 15.6. The first-order valence-corrected chi connectivity index (χ1v) is 7.87. The predicted molar refractivity (Wildman–Crippen MR) is 87.7 cm³/mol. The molecular weight excluding hydrogens is 288 g/mol. The molecule has 4 heteroatoms. The Labute approximate surface area is 134 Å². The van der Waals surface area contributed by atoms with Crippen LogP contribution in [0.4, 0.5) is 0 Å². The molecule has 1 saturated heterocycles. The van der Waals surface area contributed by atoms with Gasteiger partial charge in [0.15, 0.2) is 0 Å². The van der Waals surface area contributed by atoms with Gasteiger partial charge in [0.1, 0.15) is 5.76 Å². The molecule has 3 heterocycles. The molecule has 3 aromatic rings. The number of furan rings is 1. The fourth-order valence-electron chi connectivity index (χ4n) is 3.19. The van der Waals surface area contributed by atoms with Crippen molar-refractivity contribution in [3.63, 3.8) is 0 Å². The first-order valence-electron chi connectivity index (χ1n) is 7.87. The zero-order valence-corrected chi connectivity index (χ0v) is 12.8. The van der Waals surface area contributed by atoms with E-state index < -0.39 is 0 Å². The van der Waals surface area contributed by atoms with Crippen molar-refractivity contribution in [1.29, 1.82) is 0 Å². The third-order valence-corrected chi connectivity index (χ3v) is 4.42. The number of nitrogens with zero attached hydrogens (tertiary/aromatic N) is 2. The van der Waals surface area contributed by atoms with Gasteiger partial charge in [0.25, 0.3) is 5.91 Å². The summed E-state index contributed by atoms with van der Waals surface area (Å²) in [5.41, 5.74) is 1.74. The maximum Gasteiger partial charge on any atom is 0.253 e. The Bertz CT molecular complexity index is 791. The molecule has 0 saturated carbocycles. The lowest BCUT2D eigenvalue weighted by molar-refractivity contribution is 0.0790. The molecule has 0 spiro atoms. The molecule has 23 heavy (non-hydrogen) atoms. The SMILES string of the molecule is O=C(c1cccc(-n2cccc2)c1)N1CCC(c2ccco2)C1. The highest BCUT2D eigenvalue weighted by atomic mass is 16.3. The van der Waals surface area contributed by atoms with E-state index in [0.29, 0.717) is 5.92 Å². The van der Waals surface area contributed by atoms with Crippen LogP contribution in [0.15, 0.2) is 71.6 Å². The topological polar surface area (TPSA) is 38.4 Å². The molecule has 1 atom stereocenters. The summed E-state index contributed by atoms with van der Waals surface area (Å²) in [5.74, 6) is 1.37. The summed E-state index contributed by atoms with van der Waals surface area (Å²) in [5, 5.41) is 0. The van der Waals surface area contributed by atoms with Gasteiger partial charge in [0.05, 0.1) is 6.26 Å². The van der Waals surface area contributed by atoms with E-state index in [9.17, 15) is 4.79 Å². The van der Waals surface area contributed by atoms with E-state index in [0.717, 1.165) is 36.5 Å². The van der Waals surface area contributed by atoms with E-state index in [1.165, 1.54) is 0 Å². The van der Waals surface area contributed by atoms with Gasteiger partial charge in [-0.05, 0) is 48.9 Å². The molecule has 116 valence electrons. The number of carbonyl (C=O) groups is 1. The summed E-state index contributed by atoms with van der Waals surface area (Å²) < 4.78 is 7.48. The molecular formula is C19H18N2O2. The smallest absolute Gasteiger partial charge is 0.253 e. The van der Waals surface area contributed by atoms with Crippen molar-refractivity contribution in [1.82, 2.24) is 9.47 Å². The van der Waals surface area contributed by atoms with Gasteiger partial charge in [-0.2, -0.15) is 0 Å². The van der Waals surface area contributed by atoms with Crippen LogP contribution in [0, 0.1) is 0 Å². The molecule has 0 radical (unpaired) electrons. The largest absolute Gasteiger partial charge is 0.469 e. The molecule has 1 fully saturated rings. The van der Waals surface area contributed by atoms with Gasteiger partial charge in [-0.1, -0.05) is 6.07 Å². The Balaban J connectivity index is 1.52. The molecule has 1 amide bonds. The summed E-state index contributed by atoms with van der Waals surface area (Å²) in [7, 11) is 0. The molecule has 1 aliphatic rings. The Kier molecular flexibility index (Phi) is 3.50. The highest BCUT2D eigenvalue weighted by Gasteiger charge is 2.29. The zero-order valence-electron chi connectivity index (χ0n) is 12.8. The minimum atomic E-state index is 0.0908. The number of rotatable bonds is 3. The highest BCUT2D eigenvalue weighted by molar-refractivity contribution is 5.95. The Morgan fingerprint density at radius 1 is 1.09 bits per heavy atom. The number of benzene rings is 1. The van der Waals surface area contributed by atoms with Crippen LogP contribution in [0.2, 0.25) is 0 Å². The maximum atomic E-state index is 12.8. The van der Waals surface area contributed by atoms with Crippen LogP contribution in [0.1, 0.15) is 28.5 Å². The second-order valence-corrected chi connectivity index (χ2v) is 5.89. The highest BCUT2D eigenvalue weighted by Crippen LogP contribution is 2.28. The predicted octanol–water partition coefficient (Wildman–Crippen LogP) is 3.70.